The number of anilines is 2. The fourth-order valence-electron chi connectivity index (χ4n) is 2.05. The molecule has 0 spiro atoms. The van der Waals surface area contributed by atoms with E-state index in [0.717, 1.165) is 18.8 Å². The van der Waals surface area contributed by atoms with Crippen LogP contribution in [0.15, 0.2) is 42.7 Å². The van der Waals surface area contributed by atoms with Gasteiger partial charge in [0.2, 0.25) is 0 Å². The molecule has 2 aromatic rings. The highest BCUT2D eigenvalue weighted by molar-refractivity contribution is 6.04. The molecule has 0 atom stereocenters. The Labute approximate surface area is 123 Å². The molecule has 1 aromatic heterocycles. The molecule has 0 aliphatic rings. The fourth-order valence-corrected chi connectivity index (χ4v) is 2.05. The first kappa shape index (κ1) is 15.0. The predicted molar refractivity (Wildman–Crippen MR) is 82.2 cm³/mol. The van der Waals surface area contributed by atoms with Crippen LogP contribution in [0.2, 0.25) is 0 Å². The third kappa shape index (κ3) is 3.78. The minimum absolute atomic E-state index is 0.261. The van der Waals surface area contributed by atoms with E-state index in [2.05, 4.69) is 29.0 Å². The third-order valence-electron chi connectivity index (χ3n) is 3.22. The molecule has 1 aromatic carbocycles. The smallest absolute Gasteiger partial charge is 0.257 e. The van der Waals surface area contributed by atoms with Gasteiger partial charge in [0.05, 0.1) is 17.4 Å². The van der Waals surface area contributed by atoms with Crippen molar-refractivity contribution in [2.75, 3.05) is 23.3 Å². The summed E-state index contributed by atoms with van der Waals surface area (Å²) in [6.07, 6.45) is 3.26. The van der Waals surface area contributed by atoms with Gasteiger partial charge in [-0.3, -0.25) is 9.78 Å². The highest BCUT2D eigenvalue weighted by atomic mass is 19.1. The topological polar surface area (TPSA) is 45.2 Å². The number of hydrogen-bond acceptors (Lipinski definition) is 3. The lowest BCUT2D eigenvalue weighted by Crippen LogP contribution is -2.22. The van der Waals surface area contributed by atoms with Gasteiger partial charge >= 0.3 is 0 Å². The lowest BCUT2D eigenvalue weighted by Gasteiger charge is -2.20. The van der Waals surface area contributed by atoms with E-state index >= 15 is 0 Å². The number of aromatic nitrogens is 1. The van der Waals surface area contributed by atoms with Crippen molar-refractivity contribution >= 4 is 17.3 Å². The Morgan fingerprint density at radius 2 is 1.86 bits per heavy atom. The second-order valence-electron chi connectivity index (χ2n) is 4.57. The molecule has 21 heavy (non-hydrogen) atoms. The summed E-state index contributed by atoms with van der Waals surface area (Å²) in [4.78, 5) is 18.4. The SMILES string of the molecule is CCN(CC)c1cncc(C(=O)Nc2ccc(F)cc2)c1. The molecule has 0 radical (unpaired) electrons. The van der Waals surface area contributed by atoms with Crippen LogP contribution in [0.5, 0.6) is 0 Å². The number of nitrogens with one attached hydrogen (secondary N) is 1. The second kappa shape index (κ2) is 6.83. The first-order valence-corrected chi connectivity index (χ1v) is 6.91. The van der Waals surface area contributed by atoms with Crippen molar-refractivity contribution in [1.82, 2.24) is 4.98 Å². The molecular weight excluding hydrogens is 269 g/mol. The Morgan fingerprint density at radius 3 is 2.48 bits per heavy atom. The second-order valence-corrected chi connectivity index (χ2v) is 4.57. The largest absolute Gasteiger partial charge is 0.371 e. The van der Waals surface area contributed by atoms with Crippen LogP contribution < -0.4 is 10.2 Å². The highest BCUT2D eigenvalue weighted by Gasteiger charge is 2.10. The molecule has 4 nitrogen and oxygen atoms in total. The number of amides is 1. The van der Waals surface area contributed by atoms with Crippen molar-refractivity contribution in [2.45, 2.75) is 13.8 Å². The third-order valence-corrected chi connectivity index (χ3v) is 3.22. The number of rotatable bonds is 5. The Balaban J connectivity index is 2.15. The van der Waals surface area contributed by atoms with Gasteiger partial charge < -0.3 is 10.2 Å². The van der Waals surface area contributed by atoms with E-state index in [0.29, 0.717) is 11.3 Å². The summed E-state index contributed by atoms with van der Waals surface area (Å²) < 4.78 is 12.8. The molecule has 0 fully saturated rings. The number of carbonyl (C=O) groups excluding carboxylic acids is 1. The Kier molecular flexibility index (Phi) is 4.87. The number of benzene rings is 1. The quantitative estimate of drug-likeness (QED) is 0.917. The molecule has 0 saturated carbocycles. The number of nitrogens with zero attached hydrogens (tertiary/aromatic N) is 2. The number of halogens is 1. The van der Waals surface area contributed by atoms with Crippen LogP contribution in [0, 0.1) is 5.82 Å². The van der Waals surface area contributed by atoms with Gasteiger partial charge in [0.15, 0.2) is 0 Å². The van der Waals surface area contributed by atoms with Gasteiger partial charge in [0, 0.05) is 25.0 Å². The summed E-state index contributed by atoms with van der Waals surface area (Å²) in [6.45, 7) is 5.80. The average Bonchev–Trinajstić information content (AvgIpc) is 2.51. The number of hydrogen-bond donors (Lipinski definition) is 1. The van der Waals surface area contributed by atoms with Crippen LogP contribution in [-0.2, 0) is 0 Å². The summed E-state index contributed by atoms with van der Waals surface area (Å²) in [5, 5.41) is 2.72. The molecular formula is C16H18FN3O. The van der Waals surface area contributed by atoms with Gasteiger partial charge in [0.1, 0.15) is 5.82 Å². The number of pyridine rings is 1. The zero-order valence-corrected chi connectivity index (χ0v) is 12.1. The zero-order chi connectivity index (χ0) is 15.2. The summed E-state index contributed by atoms with van der Waals surface area (Å²) in [5.74, 6) is -0.596. The van der Waals surface area contributed by atoms with E-state index in [1.165, 1.54) is 30.5 Å². The predicted octanol–water partition coefficient (Wildman–Crippen LogP) is 3.32. The molecule has 2 rings (SSSR count). The minimum Gasteiger partial charge on any atom is -0.371 e. The summed E-state index contributed by atoms with van der Waals surface area (Å²) >= 11 is 0. The number of carbonyl (C=O) groups is 1. The van der Waals surface area contributed by atoms with Gasteiger partial charge in [-0.15, -0.1) is 0 Å². The van der Waals surface area contributed by atoms with Crippen LogP contribution in [0.1, 0.15) is 24.2 Å². The summed E-state index contributed by atoms with van der Waals surface area (Å²) in [6, 6.07) is 7.46. The van der Waals surface area contributed by atoms with E-state index in [4.69, 9.17) is 0 Å². The molecule has 1 heterocycles. The van der Waals surface area contributed by atoms with Crippen molar-refractivity contribution in [3.05, 3.63) is 54.1 Å². The van der Waals surface area contributed by atoms with Gasteiger partial charge in [-0.1, -0.05) is 0 Å². The van der Waals surface area contributed by atoms with Crippen molar-refractivity contribution < 1.29 is 9.18 Å². The van der Waals surface area contributed by atoms with Crippen molar-refractivity contribution in [2.24, 2.45) is 0 Å². The minimum atomic E-state index is -0.335. The fraction of sp³-hybridized carbons (Fsp3) is 0.250. The molecule has 0 saturated heterocycles. The van der Waals surface area contributed by atoms with Gasteiger partial charge in [-0.25, -0.2) is 4.39 Å². The molecule has 0 bridgehead atoms. The monoisotopic (exact) mass is 287 g/mol. The molecule has 1 N–H and O–H groups in total. The maximum atomic E-state index is 12.8. The molecule has 0 aliphatic carbocycles. The zero-order valence-electron chi connectivity index (χ0n) is 12.1. The van der Waals surface area contributed by atoms with Crippen molar-refractivity contribution in [3.8, 4) is 0 Å². The lowest BCUT2D eigenvalue weighted by molar-refractivity contribution is 0.102. The van der Waals surface area contributed by atoms with E-state index in [-0.39, 0.29) is 11.7 Å². The first-order chi connectivity index (χ1) is 10.1. The normalized spacial score (nSPS) is 10.2. The Morgan fingerprint density at radius 1 is 1.19 bits per heavy atom. The lowest BCUT2D eigenvalue weighted by atomic mass is 10.2. The van der Waals surface area contributed by atoms with Crippen LogP contribution in [0.25, 0.3) is 0 Å². The first-order valence-electron chi connectivity index (χ1n) is 6.91. The highest BCUT2D eigenvalue weighted by Crippen LogP contribution is 2.16. The van der Waals surface area contributed by atoms with Crippen molar-refractivity contribution in [1.29, 1.82) is 0 Å². The van der Waals surface area contributed by atoms with Crippen LogP contribution in [0.3, 0.4) is 0 Å². The summed E-state index contributed by atoms with van der Waals surface area (Å²) in [7, 11) is 0. The Bertz CT molecular complexity index is 609. The van der Waals surface area contributed by atoms with Crippen LogP contribution in [0.4, 0.5) is 15.8 Å². The van der Waals surface area contributed by atoms with E-state index in [9.17, 15) is 9.18 Å². The standard InChI is InChI=1S/C16H18FN3O/c1-3-20(4-2)15-9-12(10-18-11-15)16(21)19-14-7-5-13(17)6-8-14/h5-11H,3-4H2,1-2H3,(H,19,21). The van der Waals surface area contributed by atoms with Crippen molar-refractivity contribution in [3.63, 3.8) is 0 Å². The molecule has 110 valence electrons. The van der Waals surface area contributed by atoms with E-state index in [1.807, 2.05) is 0 Å². The van der Waals surface area contributed by atoms with Crippen LogP contribution in [-0.4, -0.2) is 24.0 Å². The van der Waals surface area contributed by atoms with Gasteiger partial charge in [-0.05, 0) is 44.2 Å². The Hall–Kier alpha value is -2.43. The van der Waals surface area contributed by atoms with E-state index in [1.54, 1.807) is 12.3 Å². The van der Waals surface area contributed by atoms with E-state index < -0.39 is 0 Å². The maximum absolute atomic E-state index is 12.8. The average molecular weight is 287 g/mol. The van der Waals surface area contributed by atoms with Gasteiger partial charge in [0.25, 0.3) is 5.91 Å². The molecule has 1 amide bonds. The molecule has 5 heteroatoms. The molecule has 0 unspecified atom stereocenters. The van der Waals surface area contributed by atoms with Gasteiger partial charge in [-0.2, -0.15) is 0 Å². The van der Waals surface area contributed by atoms with Crippen LogP contribution >= 0.6 is 0 Å². The molecule has 0 aliphatic heterocycles. The maximum Gasteiger partial charge on any atom is 0.257 e. The summed E-state index contributed by atoms with van der Waals surface area (Å²) in [5.41, 5.74) is 1.94.